The van der Waals surface area contributed by atoms with E-state index in [1.165, 1.54) is 0 Å². The monoisotopic (exact) mass is 233 g/mol. The van der Waals surface area contributed by atoms with Crippen molar-refractivity contribution in [2.45, 2.75) is 31.2 Å². The van der Waals surface area contributed by atoms with Crippen LogP contribution in [-0.2, 0) is 9.59 Å². The molecule has 0 aromatic heterocycles. The molecule has 0 radical (unpaired) electrons. The van der Waals surface area contributed by atoms with Gasteiger partial charge in [-0.05, 0) is 12.0 Å². The number of benzene rings is 1. The zero-order chi connectivity index (χ0) is 12.5. The zero-order valence-electron chi connectivity index (χ0n) is 9.64. The highest BCUT2D eigenvalue weighted by atomic mass is 16.4. The zero-order valence-corrected chi connectivity index (χ0v) is 9.64. The minimum absolute atomic E-state index is 0.114. The van der Waals surface area contributed by atoms with Gasteiger partial charge in [-0.15, -0.1) is 0 Å². The molecule has 0 saturated heterocycles. The fourth-order valence-electron chi connectivity index (χ4n) is 2.12. The second-order valence-corrected chi connectivity index (χ2v) is 4.35. The quantitative estimate of drug-likeness (QED) is 0.828. The first-order valence-corrected chi connectivity index (χ1v) is 5.69. The van der Waals surface area contributed by atoms with Crippen molar-refractivity contribution in [3.8, 4) is 0 Å². The topological polar surface area (TPSA) is 66.4 Å². The Labute approximate surface area is 99.6 Å². The van der Waals surface area contributed by atoms with Crippen LogP contribution in [-0.4, -0.2) is 22.5 Å². The van der Waals surface area contributed by atoms with E-state index in [0.29, 0.717) is 12.8 Å². The van der Waals surface area contributed by atoms with E-state index in [4.69, 9.17) is 0 Å². The van der Waals surface area contributed by atoms with Crippen LogP contribution in [0.15, 0.2) is 30.3 Å². The van der Waals surface area contributed by atoms with E-state index >= 15 is 0 Å². The van der Waals surface area contributed by atoms with Gasteiger partial charge >= 0.3 is 5.97 Å². The van der Waals surface area contributed by atoms with Crippen LogP contribution >= 0.6 is 0 Å². The molecule has 2 atom stereocenters. The Morgan fingerprint density at radius 2 is 2.06 bits per heavy atom. The largest absolute Gasteiger partial charge is 0.479 e. The highest BCUT2D eigenvalue weighted by Gasteiger charge is 2.62. The van der Waals surface area contributed by atoms with Crippen LogP contribution < -0.4 is 5.32 Å². The third-order valence-corrected chi connectivity index (χ3v) is 3.23. The summed E-state index contributed by atoms with van der Waals surface area (Å²) in [6.07, 6.45) is 0.772. The van der Waals surface area contributed by atoms with E-state index in [1.807, 2.05) is 30.3 Å². The lowest BCUT2D eigenvalue weighted by Crippen LogP contribution is -2.44. The molecule has 1 aromatic rings. The van der Waals surface area contributed by atoms with Crippen molar-refractivity contribution in [2.24, 2.45) is 0 Å². The highest BCUT2D eigenvalue weighted by molar-refractivity contribution is 5.91. The molecule has 0 aliphatic heterocycles. The first kappa shape index (κ1) is 11.6. The molecule has 0 bridgehead atoms. The SMILES string of the molecule is CCC(=O)NC1(C(=O)O)CC1c1ccccc1. The molecule has 0 heterocycles. The summed E-state index contributed by atoms with van der Waals surface area (Å²) in [5.74, 6) is -1.28. The Morgan fingerprint density at radius 3 is 2.59 bits per heavy atom. The van der Waals surface area contributed by atoms with Gasteiger partial charge in [-0.1, -0.05) is 37.3 Å². The fourth-order valence-corrected chi connectivity index (χ4v) is 2.12. The highest BCUT2D eigenvalue weighted by Crippen LogP contribution is 2.51. The maximum Gasteiger partial charge on any atom is 0.330 e. The van der Waals surface area contributed by atoms with Gasteiger partial charge in [-0.25, -0.2) is 4.79 Å². The lowest BCUT2D eigenvalue weighted by Gasteiger charge is -2.14. The molecule has 90 valence electrons. The van der Waals surface area contributed by atoms with Crippen molar-refractivity contribution in [1.29, 1.82) is 0 Å². The van der Waals surface area contributed by atoms with Gasteiger partial charge in [0, 0.05) is 12.3 Å². The third-order valence-electron chi connectivity index (χ3n) is 3.23. The van der Waals surface area contributed by atoms with Gasteiger partial charge in [0.05, 0.1) is 0 Å². The van der Waals surface area contributed by atoms with Gasteiger partial charge in [0.15, 0.2) is 0 Å². The lowest BCUT2D eigenvalue weighted by atomic mass is 10.1. The predicted octanol–water partition coefficient (Wildman–Crippen LogP) is 1.52. The van der Waals surface area contributed by atoms with Crippen molar-refractivity contribution < 1.29 is 14.7 Å². The van der Waals surface area contributed by atoms with Crippen LogP contribution in [0.1, 0.15) is 31.2 Å². The van der Waals surface area contributed by atoms with E-state index < -0.39 is 11.5 Å². The van der Waals surface area contributed by atoms with Crippen molar-refractivity contribution in [1.82, 2.24) is 5.32 Å². The summed E-state index contributed by atoms with van der Waals surface area (Å²) in [6, 6.07) is 9.43. The molecule has 2 N–H and O–H groups in total. The van der Waals surface area contributed by atoms with Crippen LogP contribution in [0.4, 0.5) is 0 Å². The molecule has 17 heavy (non-hydrogen) atoms. The Balaban J connectivity index is 2.19. The smallest absolute Gasteiger partial charge is 0.330 e. The predicted molar refractivity (Wildman–Crippen MR) is 62.6 cm³/mol. The van der Waals surface area contributed by atoms with Gasteiger partial charge < -0.3 is 10.4 Å². The third kappa shape index (κ3) is 2.02. The van der Waals surface area contributed by atoms with Crippen molar-refractivity contribution in [2.75, 3.05) is 0 Å². The number of carbonyl (C=O) groups excluding carboxylic acids is 1. The summed E-state index contributed by atoms with van der Waals surface area (Å²) < 4.78 is 0. The van der Waals surface area contributed by atoms with Crippen molar-refractivity contribution in [3.63, 3.8) is 0 Å². The lowest BCUT2D eigenvalue weighted by molar-refractivity contribution is -0.143. The first-order chi connectivity index (χ1) is 8.10. The molecule has 1 aliphatic rings. The molecule has 2 unspecified atom stereocenters. The molecule has 1 fully saturated rings. The molecule has 0 spiro atoms. The Bertz CT molecular complexity index is 443. The summed E-state index contributed by atoms with van der Waals surface area (Å²) in [6.45, 7) is 1.71. The molecule has 4 heteroatoms. The van der Waals surface area contributed by atoms with Crippen LogP contribution in [0, 0.1) is 0 Å². The number of carboxylic acid groups (broad SMARTS) is 1. The number of amides is 1. The van der Waals surface area contributed by atoms with E-state index in [0.717, 1.165) is 5.56 Å². The minimum Gasteiger partial charge on any atom is -0.479 e. The number of carbonyl (C=O) groups is 2. The van der Waals surface area contributed by atoms with Crippen molar-refractivity contribution >= 4 is 11.9 Å². The Kier molecular flexibility index (Phi) is 2.88. The van der Waals surface area contributed by atoms with Crippen LogP contribution in [0.5, 0.6) is 0 Å². The number of aliphatic carboxylic acids is 1. The Hall–Kier alpha value is -1.84. The van der Waals surface area contributed by atoms with Crippen molar-refractivity contribution in [3.05, 3.63) is 35.9 Å². The number of hydrogen-bond donors (Lipinski definition) is 2. The average Bonchev–Trinajstić information content (AvgIpc) is 3.06. The van der Waals surface area contributed by atoms with Gasteiger partial charge in [0.1, 0.15) is 5.54 Å². The molecule has 4 nitrogen and oxygen atoms in total. The second kappa shape index (κ2) is 4.20. The normalized spacial score (nSPS) is 26.3. The van der Waals surface area contributed by atoms with Gasteiger partial charge in [-0.3, -0.25) is 4.79 Å². The van der Waals surface area contributed by atoms with Gasteiger partial charge in [-0.2, -0.15) is 0 Å². The van der Waals surface area contributed by atoms with E-state index in [9.17, 15) is 14.7 Å². The first-order valence-electron chi connectivity index (χ1n) is 5.69. The summed E-state index contributed by atoms with van der Waals surface area (Å²) in [5.41, 5.74) is -0.125. The van der Waals surface area contributed by atoms with Crippen LogP contribution in [0.25, 0.3) is 0 Å². The minimum atomic E-state index is -1.09. The van der Waals surface area contributed by atoms with E-state index in [1.54, 1.807) is 6.92 Å². The maximum atomic E-state index is 11.4. The number of hydrogen-bond acceptors (Lipinski definition) is 2. The molecule has 1 aliphatic carbocycles. The Morgan fingerprint density at radius 1 is 1.41 bits per heavy atom. The standard InChI is InChI=1S/C13H15NO3/c1-2-11(15)14-13(12(16)17)8-10(13)9-6-4-3-5-7-9/h3-7,10H,2,8H2,1H3,(H,14,15)(H,16,17). The molecule has 1 aromatic carbocycles. The van der Waals surface area contributed by atoms with Gasteiger partial charge in [0.25, 0.3) is 0 Å². The summed E-state index contributed by atoms with van der Waals surface area (Å²) in [4.78, 5) is 22.7. The number of carboxylic acids is 1. The molecule has 2 rings (SSSR count). The molecular weight excluding hydrogens is 218 g/mol. The summed E-state index contributed by atoms with van der Waals surface area (Å²) in [5, 5.41) is 11.9. The number of nitrogens with one attached hydrogen (secondary N) is 1. The number of rotatable bonds is 4. The molecular formula is C13H15NO3. The van der Waals surface area contributed by atoms with Gasteiger partial charge in [0.2, 0.25) is 5.91 Å². The van der Waals surface area contributed by atoms with Crippen LogP contribution in [0.3, 0.4) is 0 Å². The average molecular weight is 233 g/mol. The van der Waals surface area contributed by atoms with E-state index in [2.05, 4.69) is 5.32 Å². The van der Waals surface area contributed by atoms with Crippen LogP contribution in [0.2, 0.25) is 0 Å². The molecule has 1 amide bonds. The second-order valence-electron chi connectivity index (χ2n) is 4.35. The fraction of sp³-hybridized carbons (Fsp3) is 0.385. The summed E-state index contributed by atoms with van der Waals surface area (Å²) in [7, 11) is 0. The summed E-state index contributed by atoms with van der Waals surface area (Å²) >= 11 is 0. The van der Waals surface area contributed by atoms with E-state index in [-0.39, 0.29) is 11.8 Å². The molecule has 1 saturated carbocycles. The maximum absolute atomic E-state index is 11.4.